The summed E-state index contributed by atoms with van der Waals surface area (Å²) in [6.45, 7) is 0.724. The van der Waals surface area contributed by atoms with Crippen LogP contribution in [0.2, 0.25) is 0 Å². The molecule has 0 saturated carbocycles. The molecular weight excluding hydrogens is 446 g/mol. The number of esters is 1. The van der Waals surface area contributed by atoms with E-state index in [9.17, 15) is 14.4 Å². The Morgan fingerprint density at radius 1 is 1.25 bits per heavy atom. The van der Waals surface area contributed by atoms with E-state index in [0.29, 0.717) is 24.7 Å². The van der Waals surface area contributed by atoms with Gasteiger partial charge >= 0.3 is 5.97 Å². The number of H-pyrrole nitrogens is 1. The second-order valence-corrected chi connectivity index (χ2v) is 9.74. The molecule has 0 aliphatic heterocycles. The van der Waals surface area contributed by atoms with Crippen molar-refractivity contribution in [1.82, 2.24) is 14.9 Å². The van der Waals surface area contributed by atoms with Crippen LogP contribution < -0.4 is 5.56 Å². The lowest BCUT2D eigenvalue weighted by atomic mass is 10.2. The van der Waals surface area contributed by atoms with Crippen molar-refractivity contribution in [2.75, 3.05) is 19.4 Å². The number of aromatic nitrogens is 2. The number of thiophene rings is 1. The zero-order chi connectivity index (χ0) is 22.5. The van der Waals surface area contributed by atoms with Gasteiger partial charge in [-0.3, -0.25) is 14.4 Å². The molecule has 2 heterocycles. The normalized spacial score (nSPS) is 12.7. The fraction of sp³-hybridized carbons (Fsp3) is 0.391. The fourth-order valence-electron chi connectivity index (χ4n) is 3.87. The van der Waals surface area contributed by atoms with Gasteiger partial charge in [0.1, 0.15) is 10.7 Å². The molecule has 0 unspecified atom stereocenters. The summed E-state index contributed by atoms with van der Waals surface area (Å²) < 4.78 is 4.72. The van der Waals surface area contributed by atoms with Crippen LogP contribution >= 0.6 is 23.1 Å². The maximum Gasteiger partial charge on any atom is 0.307 e. The maximum atomic E-state index is 12.9. The number of aromatic amines is 1. The van der Waals surface area contributed by atoms with Gasteiger partial charge < -0.3 is 14.6 Å². The van der Waals surface area contributed by atoms with E-state index in [1.807, 2.05) is 30.3 Å². The molecule has 0 atom stereocenters. The lowest BCUT2D eigenvalue weighted by Gasteiger charge is -2.22. The first-order valence-corrected chi connectivity index (χ1v) is 12.5. The van der Waals surface area contributed by atoms with Crippen molar-refractivity contribution in [1.29, 1.82) is 0 Å². The predicted octanol–water partition coefficient (Wildman–Crippen LogP) is 3.30. The molecule has 1 aromatic carbocycles. The number of hydrogen-bond donors (Lipinski definition) is 1. The summed E-state index contributed by atoms with van der Waals surface area (Å²) in [7, 11) is 1.34. The summed E-state index contributed by atoms with van der Waals surface area (Å²) in [5.74, 6) is 0.846. The number of thioether (sulfide) groups is 1. The van der Waals surface area contributed by atoms with E-state index in [4.69, 9.17) is 4.74 Å². The number of aryl methyl sites for hydroxylation is 2. The van der Waals surface area contributed by atoms with E-state index in [1.165, 1.54) is 23.7 Å². The minimum absolute atomic E-state index is 0.0683. The number of rotatable bonds is 9. The summed E-state index contributed by atoms with van der Waals surface area (Å²) in [6.07, 6.45) is 3.22. The average Bonchev–Trinajstić information content (AvgIpc) is 3.38. The Kier molecular flexibility index (Phi) is 7.26. The molecule has 2 aromatic heterocycles. The Balaban J connectivity index is 1.39. The van der Waals surface area contributed by atoms with Crippen LogP contribution in [0.5, 0.6) is 0 Å². The first-order valence-electron chi connectivity index (χ1n) is 10.5. The van der Waals surface area contributed by atoms with Gasteiger partial charge in [0.05, 0.1) is 30.4 Å². The van der Waals surface area contributed by atoms with E-state index in [-0.39, 0.29) is 29.6 Å². The quantitative estimate of drug-likeness (QED) is 0.482. The third kappa shape index (κ3) is 5.21. The minimum Gasteiger partial charge on any atom is -0.469 e. The zero-order valence-corrected chi connectivity index (χ0v) is 19.5. The number of benzene rings is 1. The van der Waals surface area contributed by atoms with Gasteiger partial charge in [0, 0.05) is 18.0 Å². The third-order valence-electron chi connectivity index (χ3n) is 5.47. The summed E-state index contributed by atoms with van der Waals surface area (Å²) in [6, 6.07) is 9.67. The molecule has 168 valence electrons. The highest BCUT2D eigenvalue weighted by atomic mass is 32.2. The summed E-state index contributed by atoms with van der Waals surface area (Å²) in [5, 5.41) is 0.740. The van der Waals surface area contributed by atoms with Crippen LogP contribution in [0.1, 0.15) is 34.7 Å². The largest absolute Gasteiger partial charge is 0.469 e. The number of fused-ring (bicyclic) bond motifs is 3. The Bertz CT molecular complexity index is 1170. The second kappa shape index (κ2) is 10.3. The highest BCUT2D eigenvalue weighted by Gasteiger charge is 2.21. The number of hydrogen-bond acceptors (Lipinski definition) is 7. The third-order valence-corrected chi connectivity index (χ3v) is 7.59. The molecule has 0 bridgehead atoms. The number of carbonyl (C=O) groups is 2. The summed E-state index contributed by atoms with van der Waals surface area (Å²) in [5.41, 5.74) is 2.08. The van der Waals surface area contributed by atoms with Crippen molar-refractivity contribution < 1.29 is 14.3 Å². The van der Waals surface area contributed by atoms with Crippen LogP contribution in [0.25, 0.3) is 10.2 Å². The van der Waals surface area contributed by atoms with Crippen molar-refractivity contribution in [2.45, 2.75) is 38.0 Å². The van der Waals surface area contributed by atoms with Gasteiger partial charge in [-0.05, 0) is 30.4 Å². The SMILES string of the molecule is COC(=O)CCN(Cc1ccccc1)C(=O)CSCc1nc2sc3c(c2c(=O)[nH]1)CCC3. The molecule has 0 spiro atoms. The van der Waals surface area contributed by atoms with E-state index >= 15 is 0 Å². The second-order valence-electron chi connectivity index (χ2n) is 7.67. The van der Waals surface area contributed by atoms with E-state index in [2.05, 4.69) is 9.97 Å². The summed E-state index contributed by atoms with van der Waals surface area (Å²) >= 11 is 3.02. The van der Waals surface area contributed by atoms with Gasteiger partial charge in [-0.2, -0.15) is 0 Å². The van der Waals surface area contributed by atoms with Crippen molar-refractivity contribution in [3.8, 4) is 0 Å². The highest BCUT2D eigenvalue weighted by molar-refractivity contribution is 7.99. The van der Waals surface area contributed by atoms with E-state index in [0.717, 1.165) is 40.6 Å². The van der Waals surface area contributed by atoms with Gasteiger partial charge in [0.2, 0.25) is 5.91 Å². The van der Waals surface area contributed by atoms with Gasteiger partial charge in [0.25, 0.3) is 5.56 Å². The lowest BCUT2D eigenvalue weighted by molar-refractivity contribution is -0.141. The Morgan fingerprint density at radius 3 is 2.84 bits per heavy atom. The highest BCUT2D eigenvalue weighted by Crippen LogP contribution is 2.34. The van der Waals surface area contributed by atoms with Crippen LogP contribution in [0, 0.1) is 0 Å². The lowest BCUT2D eigenvalue weighted by Crippen LogP contribution is -2.34. The van der Waals surface area contributed by atoms with Crippen LogP contribution in [-0.4, -0.2) is 46.2 Å². The van der Waals surface area contributed by atoms with Gasteiger partial charge in [-0.15, -0.1) is 23.1 Å². The van der Waals surface area contributed by atoms with Crippen LogP contribution in [-0.2, 0) is 39.5 Å². The van der Waals surface area contributed by atoms with Gasteiger partial charge in [-0.25, -0.2) is 4.98 Å². The number of nitrogens with zero attached hydrogens (tertiary/aromatic N) is 2. The topological polar surface area (TPSA) is 92.4 Å². The molecule has 1 aliphatic rings. The molecule has 9 heteroatoms. The molecule has 1 N–H and O–H groups in total. The van der Waals surface area contributed by atoms with Crippen LogP contribution in [0.4, 0.5) is 0 Å². The fourth-order valence-corrected chi connectivity index (χ4v) is 5.94. The molecule has 0 radical (unpaired) electrons. The molecule has 7 nitrogen and oxygen atoms in total. The van der Waals surface area contributed by atoms with E-state index in [1.54, 1.807) is 16.2 Å². The number of carbonyl (C=O) groups excluding carboxylic acids is 2. The molecule has 32 heavy (non-hydrogen) atoms. The van der Waals surface area contributed by atoms with Crippen molar-refractivity contribution >= 4 is 45.2 Å². The Morgan fingerprint density at radius 2 is 2.06 bits per heavy atom. The molecular formula is C23H25N3O4S2. The molecule has 4 rings (SSSR count). The zero-order valence-electron chi connectivity index (χ0n) is 17.9. The van der Waals surface area contributed by atoms with Crippen LogP contribution in [0.15, 0.2) is 35.1 Å². The van der Waals surface area contributed by atoms with Gasteiger partial charge in [0.15, 0.2) is 0 Å². The first kappa shape index (κ1) is 22.5. The number of methoxy groups -OCH3 is 1. The maximum absolute atomic E-state index is 12.9. The number of amides is 1. The molecule has 1 aliphatic carbocycles. The minimum atomic E-state index is -0.346. The average molecular weight is 472 g/mol. The Hall–Kier alpha value is -2.65. The van der Waals surface area contributed by atoms with Crippen molar-refractivity contribution in [2.24, 2.45) is 0 Å². The molecule has 0 fully saturated rings. The first-order chi connectivity index (χ1) is 15.5. The van der Waals surface area contributed by atoms with Crippen molar-refractivity contribution in [3.05, 3.63) is 62.5 Å². The van der Waals surface area contributed by atoms with Gasteiger partial charge in [-0.1, -0.05) is 30.3 Å². The predicted molar refractivity (Wildman–Crippen MR) is 127 cm³/mol. The summed E-state index contributed by atoms with van der Waals surface area (Å²) in [4.78, 5) is 48.3. The molecule has 1 amide bonds. The van der Waals surface area contributed by atoms with Crippen molar-refractivity contribution in [3.63, 3.8) is 0 Å². The Labute approximate surface area is 194 Å². The monoisotopic (exact) mass is 471 g/mol. The number of ether oxygens (including phenoxy) is 1. The smallest absolute Gasteiger partial charge is 0.307 e. The standard InChI is InChI=1S/C23H25N3O4S2/c1-30-20(28)10-11-26(12-15-6-3-2-4-7-15)19(27)14-31-13-18-24-22(29)21-16-8-5-9-17(16)32-23(21)25-18/h2-4,6-7H,5,8-14H2,1H3,(H,24,25,29). The number of nitrogens with one attached hydrogen (secondary N) is 1. The molecule has 3 aromatic rings. The molecule has 0 saturated heterocycles. The van der Waals surface area contributed by atoms with Crippen LogP contribution in [0.3, 0.4) is 0 Å². The van der Waals surface area contributed by atoms with E-state index < -0.39 is 0 Å².